The molecule has 6 heteroatoms. The zero-order valence-electron chi connectivity index (χ0n) is 10.5. The van der Waals surface area contributed by atoms with Gasteiger partial charge in [0.15, 0.2) is 0 Å². The summed E-state index contributed by atoms with van der Waals surface area (Å²) in [5.41, 5.74) is -0.240. The molecule has 2 rings (SSSR count). The van der Waals surface area contributed by atoms with Crippen molar-refractivity contribution >= 4 is 28.8 Å². The topological polar surface area (TPSA) is 66.9 Å². The first-order valence-corrected chi connectivity index (χ1v) is 6.55. The van der Waals surface area contributed by atoms with Crippen LogP contribution in [-0.2, 0) is 0 Å². The van der Waals surface area contributed by atoms with Crippen molar-refractivity contribution in [2.75, 3.05) is 0 Å². The fourth-order valence-electron chi connectivity index (χ4n) is 2.05. The van der Waals surface area contributed by atoms with E-state index >= 15 is 0 Å². The molecule has 1 aliphatic carbocycles. The highest BCUT2D eigenvalue weighted by molar-refractivity contribution is 6.37. The van der Waals surface area contributed by atoms with Crippen molar-refractivity contribution in [1.82, 2.24) is 0 Å². The van der Waals surface area contributed by atoms with Gasteiger partial charge in [-0.2, -0.15) is 5.26 Å². The van der Waals surface area contributed by atoms with Crippen LogP contribution >= 0.6 is 23.2 Å². The minimum atomic E-state index is -1.44. The van der Waals surface area contributed by atoms with Gasteiger partial charge in [0.2, 0.25) is 0 Å². The molecule has 1 aliphatic rings. The Bertz CT molecular complexity index is 656. The summed E-state index contributed by atoms with van der Waals surface area (Å²) in [6.07, 6.45) is 4.54. The molecule has 4 nitrogen and oxygen atoms in total. The number of halogens is 2. The van der Waals surface area contributed by atoms with Gasteiger partial charge >= 0.3 is 0 Å². The van der Waals surface area contributed by atoms with Crippen LogP contribution in [0.2, 0.25) is 10.0 Å². The predicted molar refractivity (Wildman–Crippen MR) is 78.1 cm³/mol. The lowest BCUT2D eigenvalue weighted by molar-refractivity contribution is -0.555. The summed E-state index contributed by atoms with van der Waals surface area (Å²) in [4.78, 5) is 10.7. The van der Waals surface area contributed by atoms with E-state index in [0.29, 0.717) is 21.2 Å². The van der Waals surface area contributed by atoms with Crippen LogP contribution in [0.5, 0.6) is 0 Å². The van der Waals surface area contributed by atoms with E-state index in [1.807, 2.05) is 6.07 Å². The van der Waals surface area contributed by atoms with Crippen LogP contribution in [0.1, 0.15) is 12.5 Å². The lowest BCUT2D eigenvalue weighted by Crippen LogP contribution is -2.40. The van der Waals surface area contributed by atoms with Gasteiger partial charge in [0, 0.05) is 27.5 Å². The van der Waals surface area contributed by atoms with E-state index in [9.17, 15) is 15.4 Å². The highest BCUT2D eigenvalue weighted by Crippen LogP contribution is 2.38. The van der Waals surface area contributed by atoms with Gasteiger partial charge in [0.1, 0.15) is 5.92 Å². The molecule has 1 aromatic carbocycles. The molecule has 0 spiro atoms. The molecule has 0 radical (unpaired) electrons. The Labute approximate surface area is 126 Å². The van der Waals surface area contributed by atoms with E-state index in [1.165, 1.54) is 19.1 Å². The first-order chi connectivity index (χ1) is 9.40. The Morgan fingerprint density at radius 3 is 2.50 bits per heavy atom. The fraction of sp³-hybridized carbons (Fsp3) is 0.214. The lowest BCUT2D eigenvalue weighted by Gasteiger charge is -2.24. The number of nitriles is 1. The summed E-state index contributed by atoms with van der Waals surface area (Å²) >= 11 is 12.2. The Hall–Kier alpha value is -1.83. The van der Waals surface area contributed by atoms with Gasteiger partial charge in [-0.05, 0) is 23.8 Å². The van der Waals surface area contributed by atoms with E-state index < -0.39 is 16.4 Å². The fourth-order valence-corrected chi connectivity index (χ4v) is 2.66. The normalized spacial score (nSPS) is 24.9. The zero-order valence-corrected chi connectivity index (χ0v) is 12.0. The van der Waals surface area contributed by atoms with Gasteiger partial charge in [0.25, 0.3) is 5.54 Å². The molecule has 0 N–H and O–H groups in total. The number of nitro groups is 1. The minimum Gasteiger partial charge on any atom is -0.264 e. The Kier molecular flexibility index (Phi) is 3.85. The molecule has 0 aromatic heterocycles. The number of hydrogen-bond donors (Lipinski definition) is 0. The maximum Gasteiger partial charge on any atom is 0.256 e. The first kappa shape index (κ1) is 14.6. The van der Waals surface area contributed by atoms with E-state index in [0.717, 1.165) is 0 Å². The maximum atomic E-state index is 11.1. The molecule has 20 heavy (non-hydrogen) atoms. The minimum absolute atomic E-state index is 0.440. The summed E-state index contributed by atoms with van der Waals surface area (Å²) in [6, 6.07) is 7.03. The molecule has 2 unspecified atom stereocenters. The lowest BCUT2D eigenvalue weighted by atomic mass is 9.80. The summed E-state index contributed by atoms with van der Waals surface area (Å²) in [5, 5.41) is 21.2. The predicted octanol–water partition coefficient (Wildman–Crippen LogP) is 4.12. The molecule has 1 aromatic rings. The van der Waals surface area contributed by atoms with Crippen molar-refractivity contribution in [3.8, 4) is 6.07 Å². The third-order valence-electron chi connectivity index (χ3n) is 3.36. The van der Waals surface area contributed by atoms with Crippen molar-refractivity contribution in [2.45, 2.75) is 12.5 Å². The highest BCUT2D eigenvalue weighted by Gasteiger charge is 2.44. The van der Waals surface area contributed by atoms with Crippen LogP contribution in [0.15, 0.2) is 36.4 Å². The molecule has 102 valence electrons. The van der Waals surface area contributed by atoms with E-state index in [-0.39, 0.29) is 0 Å². The van der Waals surface area contributed by atoms with Crippen LogP contribution in [0.25, 0.3) is 5.57 Å². The van der Waals surface area contributed by atoms with Crippen molar-refractivity contribution in [1.29, 1.82) is 5.26 Å². The quantitative estimate of drug-likeness (QED) is 0.609. The molecule has 2 atom stereocenters. The van der Waals surface area contributed by atoms with E-state index in [2.05, 4.69) is 0 Å². The standard InChI is InChI=1S/C14H10Cl2N2O2/c1-14(18(19)20)6-5-9(7-10(14)8-17)13-11(15)3-2-4-12(13)16/h2-7,10H,1H3. The molecular formula is C14H10Cl2N2O2. The summed E-state index contributed by atoms with van der Waals surface area (Å²) in [6.45, 7) is 1.42. The van der Waals surface area contributed by atoms with Crippen LogP contribution in [-0.4, -0.2) is 10.5 Å². The van der Waals surface area contributed by atoms with Gasteiger partial charge < -0.3 is 0 Å². The SMILES string of the molecule is CC1([N+](=O)[O-])C=CC(c2c(Cl)cccc2Cl)=CC1C#N. The number of hydrogen-bond acceptors (Lipinski definition) is 3. The molecule has 0 saturated carbocycles. The molecule has 0 saturated heterocycles. The number of nitrogens with zero attached hydrogens (tertiary/aromatic N) is 2. The molecule has 0 aliphatic heterocycles. The van der Waals surface area contributed by atoms with Crippen LogP contribution < -0.4 is 0 Å². The van der Waals surface area contributed by atoms with Crippen molar-refractivity contribution in [3.05, 3.63) is 62.2 Å². The first-order valence-electron chi connectivity index (χ1n) is 5.79. The second-order valence-corrected chi connectivity index (χ2v) is 5.46. The zero-order chi connectivity index (χ0) is 14.9. The monoisotopic (exact) mass is 308 g/mol. The summed E-state index contributed by atoms with van der Waals surface area (Å²) < 4.78 is 0. The molecule has 0 fully saturated rings. The average molecular weight is 309 g/mol. The highest BCUT2D eigenvalue weighted by atomic mass is 35.5. The van der Waals surface area contributed by atoms with Crippen LogP contribution in [0.3, 0.4) is 0 Å². The Balaban J connectivity index is 2.53. The van der Waals surface area contributed by atoms with Gasteiger partial charge in [-0.1, -0.05) is 41.4 Å². The number of benzene rings is 1. The largest absolute Gasteiger partial charge is 0.264 e. The molecule has 0 amide bonds. The van der Waals surface area contributed by atoms with E-state index in [4.69, 9.17) is 23.2 Å². The Morgan fingerprint density at radius 2 is 2.00 bits per heavy atom. The second-order valence-electron chi connectivity index (χ2n) is 4.64. The van der Waals surface area contributed by atoms with Crippen molar-refractivity contribution in [2.24, 2.45) is 5.92 Å². The molecule has 0 bridgehead atoms. The van der Waals surface area contributed by atoms with Crippen molar-refractivity contribution in [3.63, 3.8) is 0 Å². The number of rotatable bonds is 2. The molecular weight excluding hydrogens is 299 g/mol. The maximum absolute atomic E-state index is 11.1. The third kappa shape index (κ3) is 2.31. The smallest absolute Gasteiger partial charge is 0.256 e. The van der Waals surface area contributed by atoms with Gasteiger partial charge in [-0.15, -0.1) is 0 Å². The van der Waals surface area contributed by atoms with Gasteiger partial charge in [-0.25, -0.2) is 0 Å². The van der Waals surface area contributed by atoms with Gasteiger partial charge in [0.05, 0.1) is 6.07 Å². The van der Waals surface area contributed by atoms with E-state index in [1.54, 1.807) is 24.3 Å². The summed E-state index contributed by atoms with van der Waals surface area (Å²) in [5.74, 6) is -0.884. The average Bonchev–Trinajstić information content (AvgIpc) is 2.40. The third-order valence-corrected chi connectivity index (χ3v) is 3.99. The summed E-state index contributed by atoms with van der Waals surface area (Å²) in [7, 11) is 0. The Morgan fingerprint density at radius 1 is 1.40 bits per heavy atom. The van der Waals surface area contributed by atoms with Crippen LogP contribution in [0, 0.1) is 27.4 Å². The number of allylic oxidation sites excluding steroid dienone is 2. The second kappa shape index (κ2) is 5.28. The van der Waals surface area contributed by atoms with Gasteiger partial charge in [-0.3, -0.25) is 10.1 Å². The molecule has 0 heterocycles. The van der Waals surface area contributed by atoms with Crippen LogP contribution in [0.4, 0.5) is 0 Å². The van der Waals surface area contributed by atoms with Crippen molar-refractivity contribution < 1.29 is 4.92 Å².